The normalized spacial score (nSPS) is 14.1. The third-order valence-electron chi connectivity index (χ3n) is 4.51. The Morgan fingerprint density at radius 2 is 1.93 bits per heavy atom. The average Bonchev–Trinajstić information content (AvgIpc) is 2.71. The molecule has 1 aliphatic rings. The molecule has 0 aliphatic carbocycles. The lowest BCUT2D eigenvalue weighted by atomic mass is 10.2. The van der Waals surface area contributed by atoms with E-state index in [4.69, 9.17) is 0 Å². The van der Waals surface area contributed by atoms with Gasteiger partial charge in [-0.3, -0.25) is 4.79 Å². The summed E-state index contributed by atoms with van der Waals surface area (Å²) in [6.45, 7) is 5.46. The van der Waals surface area contributed by atoms with Gasteiger partial charge in [0.1, 0.15) is 5.82 Å². The number of guanidine groups is 1. The van der Waals surface area contributed by atoms with Gasteiger partial charge in [0.05, 0.1) is 13.1 Å². The highest BCUT2D eigenvalue weighted by Crippen LogP contribution is 2.16. The Kier molecular flexibility index (Phi) is 9.17. The molecule has 0 saturated carbocycles. The first-order valence-corrected chi connectivity index (χ1v) is 9.52. The van der Waals surface area contributed by atoms with Crippen LogP contribution in [-0.4, -0.2) is 38.0 Å². The molecule has 2 aromatic carbocycles. The van der Waals surface area contributed by atoms with Crippen molar-refractivity contribution < 1.29 is 9.18 Å². The SMILES string of the molecule is CCNC(=NCc1ccc(N2CCNC(=O)C2)cc1)NCc1ccccc1F.I. The minimum Gasteiger partial charge on any atom is -0.360 e. The summed E-state index contributed by atoms with van der Waals surface area (Å²) in [5.41, 5.74) is 2.70. The quantitative estimate of drug-likeness (QED) is 0.317. The van der Waals surface area contributed by atoms with Gasteiger partial charge in [0.25, 0.3) is 0 Å². The molecule has 156 valence electrons. The van der Waals surface area contributed by atoms with Gasteiger partial charge in [-0.1, -0.05) is 30.3 Å². The van der Waals surface area contributed by atoms with Crippen LogP contribution in [0.4, 0.5) is 10.1 Å². The van der Waals surface area contributed by atoms with E-state index in [0.29, 0.717) is 37.7 Å². The van der Waals surface area contributed by atoms with Crippen LogP contribution in [0, 0.1) is 5.82 Å². The molecule has 6 nitrogen and oxygen atoms in total. The zero-order chi connectivity index (χ0) is 19.8. The molecule has 3 rings (SSSR count). The Hall–Kier alpha value is -2.36. The Balaban J connectivity index is 0.00000300. The zero-order valence-corrected chi connectivity index (χ0v) is 18.8. The van der Waals surface area contributed by atoms with Crippen molar-refractivity contribution in [1.29, 1.82) is 0 Å². The first-order chi connectivity index (χ1) is 13.7. The lowest BCUT2D eigenvalue weighted by Gasteiger charge is -2.28. The lowest BCUT2D eigenvalue weighted by molar-refractivity contribution is -0.120. The second-order valence-corrected chi connectivity index (χ2v) is 6.58. The molecule has 0 spiro atoms. The number of piperazine rings is 1. The van der Waals surface area contributed by atoms with E-state index >= 15 is 0 Å². The van der Waals surface area contributed by atoms with Crippen LogP contribution in [-0.2, 0) is 17.9 Å². The van der Waals surface area contributed by atoms with Crippen LogP contribution >= 0.6 is 24.0 Å². The summed E-state index contributed by atoms with van der Waals surface area (Å²) in [4.78, 5) is 18.2. The summed E-state index contributed by atoms with van der Waals surface area (Å²) in [5, 5.41) is 9.17. The van der Waals surface area contributed by atoms with Gasteiger partial charge in [-0.05, 0) is 30.7 Å². The second kappa shape index (κ2) is 11.6. The molecule has 0 unspecified atom stereocenters. The van der Waals surface area contributed by atoms with Crippen molar-refractivity contribution in [1.82, 2.24) is 16.0 Å². The van der Waals surface area contributed by atoms with E-state index in [2.05, 4.69) is 25.8 Å². The fourth-order valence-electron chi connectivity index (χ4n) is 3.00. The van der Waals surface area contributed by atoms with Crippen LogP contribution in [0.2, 0.25) is 0 Å². The third kappa shape index (κ3) is 6.88. The molecule has 1 amide bonds. The minimum atomic E-state index is -0.229. The number of nitrogens with zero attached hydrogens (tertiary/aromatic N) is 2. The van der Waals surface area contributed by atoms with Gasteiger partial charge in [-0.2, -0.15) is 0 Å². The van der Waals surface area contributed by atoms with E-state index in [0.717, 1.165) is 24.3 Å². The van der Waals surface area contributed by atoms with Crippen molar-refractivity contribution in [2.75, 3.05) is 31.1 Å². The van der Waals surface area contributed by atoms with Crippen molar-refractivity contribution in [3.05, 3.63) is 65.5 Å². The summed E-state index contributed by atoms with van der Waals surface area (Å²) in [6.07, 6.45) is 0. The number of aliphatic imine (C=N–C) groups is 1. The first-order valence-electron chi connectivity index (χ1n) is 9.52. The third-order valence-corrected chi connectivity index (χ3v) is 4.51. The molecule has 1 fully saturated rings. The fraction of sp³-hybridized carbons (Fsp3) is 0.333. The van der Waals surface area contributed by atoms with Gasteiger partial charge in [-0.15, -0.1) is 24.0 Å². The Morgan fingerprint density at radius 1 is 1.17 bits per heavy atom. The molecule has 3 N–H and O–H groups in total. The molecule has 1 saturated heterocycles. The Morgan fingerprint density at radius 3 is 2.62 bits per heavy atom. The number of benzene rings is 2. The standard InChI is InChI=1S/C21H26FN5O.HI/c1-2-23-21(26-14-17-5-3-4-6-19(17)22)25-13-16-7-9-18(10-8-16)27-12-11-24-20(28)15-27;/h3-10H,2,11-15H2,1H3,(H,24,28)(H2,23,25,26);1H. The van der Waals surface area contributed by atoms with Crippen LogP contribution in [0.25, 0.3) is 0 Å². The number of carbonyl (C=O) groups is 1. The van der Waals surface area contributed by atoms with Crippen molar-refractivity contribution in [3.8, 4) is 0 Å². The maximum absolute atomic E-state index is 13.8. The van der Waals surface area contributed by atoms with E-state index in [9.17, 15) is 9.18 Å². The maximum Gasteiger partial charge on any atom is 0.239 e. The molecular weight excluding hydrogens is 484 g/mol. The highest BCUT2D eigenvalue weighted by atomic mass is 127. The second-order valence-electron chi connectivity index (χ2n) is 6.58. The summed E-state index contributed by atoms with van der Waals surface area (Å²) >= 11 is 0. The molecule has 1 heterocycles. The smallest absolute Gasteiger partial charge is 0.239 e. The molecule has 1 aliphatic heterocycles. The predicted molar refractivity (Wildman–Crippen MR) is 125 cm³/mol. The molecular formula is C21H27FIN5O. The van der Waals surface area contributed by atoms with Gasteiger partial charge in [0, 0.05) is 37.4 Å². The van der Waals surface area contributed by atoms with E-state index < -0.39 is 0 Å². The Bertz CT molecular complexity index is 828. The molecule has 0 radical (unpaired) electrons. The molecule has 8 heteroatoms. The van der Waals surface area contributed by atoms with Gasteiger partial charge in [-0.25, -0.2) is 9.38 Å². The molecule has 0 atom stereocenters. The highest BCUT2D eigenvalue weighted by Gasteiger charge is 2.16. The number of hydrogen-bond donors (Lipinski definition) is 3. The zero-order valence-electron chi connectivity index (χ0n) is 16.5. The van der Waals surface area contributed by atoms with E-state index in [1.54, 1.807) is 12.1 Å². The number of carbonyl (C=O) groups excluding carboxylic acids is 1. The Labute approximate surface area is 188 Å². The summed E-state index contributed by atoms with van der Waals surface area (Å²) in [5.74, 6) is 0.464. The molecule has 0 aromatic heterocycles. The van der Waals surface area contributed by atoms with Crippen molar-refractivity contribution in [3.63, 3.8) is 0 Å². The van der Waals surface area contributed by atoms with Gasteiger partial charge in [0.2, 0.25) is 5.91 Å². The maximum atomic E-state index is 13.8. The first kappa shape index (κ1) is 22.9. The van der Waals surface area contributed by atoms with Crippen molar-refractivity contribution in [2.24, 2.45) is 4.99 Å². The topological polar surface area (TPSA) is 68.8 Å². The van der Waals surface area contributed by atoms with Crippen LogP contribution < -0.4 is 20.9 Å². The van der Waals surface area contributed by atoms with Gasteiger partial charge >= 0.3 is 0 Å². The summed E-state index contributed by atoms with van der Waals surface area (Å²) in [7, 11) is 0. The summed E-state index contributed by atoms with van der Waals surface area (Å²) in [6, 6.07) is 14.8. The summed E-state index contributed by atoms with van der Waals surface area (Å²) < 4.78 is 13.8. The van der Waals surface area contributed by atoms with Crippen molar-refractivity contribution >= 4 is 41.5 Å². The fourth-order valence-corrected chi connectivity index (χ4v) is 3.00. The number of amides is 1. The van der Waals surface area contributed by atoms with Crippen molar-refractivity contribution in [2.45, 2.75) is 20.0 Å². The predicted octanol–water partition coefficient (Wildman–Crippen LogP) is 2.64. The molecule has 0 bridgehead atoms. The number of anilines is 1. The van der Waals surface area contributed by atoms with Crippen LogP contribution in [0.3, 0.4) is 0 Å². The van der Waals surface area contributed by atoms with Gasteiger partial charge < -0.3 is 20.9 Å². The van der Waals surface area contributed by atoms with Crippen LogP contribution in [0.5, 0.6) is 0 Å². The van der Waals surface area contributed by atoms with Gasteiger partial charge in [0.15, 0.2) is 5.96 Å². The minimum absolute atomic E-state index is 0. The van der Waals surface area contributed by atoms with E-state index in [-0.39, 0.29) is 35.7 Å². The number of halogens is 2. The largest absolute Gasteiger partial charge is 0.360 e. The lowest BCUT2D eigenvalue weighted by Crippen LogP contribution is -2.47. The molecule has 2 aromatic rings. The number of rotatable bonds is 6. The van der Waals surface area contributed by atoms with Crippen LogP contribution in [0.1, 0.15) is 18.1 Å². The number of nitrogens with one attached hydrogen (secondary N) is 3. The van der Waals surface area contributed by atoms with E-state index in [1.165, 1.54) is 6.07 Å². The van der Waals surface area contributed by atoms with E-state index in [1.807, 2.05) is 37.3 Å². The number of hydrogen-bond acceptors (Lipinski definition) is 3. The average molecular weight is 511 g/mol. The van der Waals surface area contributed by atoms with Crippen LogP contribution in [0.15, 0.2) is 53.5 Å². The monoisotopic (exact) mass is 511 g/mol. The highest BCUT2D eigenvalue weighted by molar-refractivity contribution is 14.0. The molecule has 29 heavy (non-hydrogen) atoms.